The Kier molecular flexibility index (Phi) is 8.96. The van der Waals surface area contributed by atoms with Crippen molar-refractivity contribution in [2.45, 2.75) is 30.5 Å². The minimum atomic E-state index is -3.68. The van der Waals surface area contributed by atoms with Crippen molar-refractivity contribution in [3.05, 3.63) is 22.4 Å². The van der Waals surface area contributed by atoms with Gasteiger partial charge in [-0.25, -0.2) is 4.98 Å². The number of amides is 1. The highest BCUT2D eigenvalue weighted by Crippen LogP contribution is 2.54. The molecule has 0 fully saturated rings. The summed E-state index contributed by atoms with van der Waals surface area (Å²) in [6.45, 7) is -0.481. The molecule has 3 rings (SSSR count). The number of thiazole rings is 1. The van der Waals surface area contributed by atoms with E-state index in [1.165, 1.54) is 5.32 Å². The van der Waals surface area contributed by atoms with Crippen LogP contribution in [-0.4, -0.2) is 107 Å². The number of nitrogen functional groups attached to an aromatic ring is 1. The van der Waals surface area contributed by atoms with Gasteiger partial charge in [-0.1, -0.05) is 11.3 Å². The van der Waals surface area contributed by atoms with Crippen LogP contribution in [0.1, 0.15) is 28.5 Å². The van der Waals surface area contributed by atoms with E-state index in [0.717, 1.165) is 14.0 Å². The third-order valence-corrected chi connectivity index (χ3v) is 7.14. The third kappa shape index (κ3) is 5.87. The highest BCUT2D eigenvalue weighted by atomic mass is 32.1. The lowest BCUT2D eigenvalue weighted by molar-refractivity contribution is -0.271. The van der Waals surface area contributed by atoms with Gasteiger partial charge in [-0.2, -0.15) is 0 Å². The van der Waals surface area contributed by atoms with E-state index < -0.39 is 120 Å². The van der Waals surface area contributed by atoms with Crippen molar-refractivity contribution in [2.75, 3.05) is 24.7 Å². The Morgan fingerprint density at radius 3 is 1.82 bits per heavy atom. The van der Waals surface area contributed by atoms with Gasteiger partial charge in [-0.15, -0.1) is 0 Å². The Bertz CT molecular complexity index is 1600. The predicted octanol–water partition coefficient (Wildman–Crippen LogP) is -3.09. The predicted molar refractivity (Wildman–Crippen MR) is 145 cm³/mol. The van der Waals surface area contributed by atoms with Gasteiger partial charge >= 0.3 is 0 Å². The molecule has 2 aromatic carbocycles. The first kappa shape index (κ1) is 34.7. The molecular weight excluding hydrogens is 636 g/mol. The van der Waals surface area contributed by atoms with E-state index in [4.69, 9.17) is 10.5 Å². The van der Waals surface area contributed by atoms with Gasteiger partial charge in [0.15, 0.2) is 51.4 Å². The smallest absolute Gasteiger partial charge is 0.294 e. The molecule has 45 heavy (non-hydrogen) atoms. The Morgan fingerprint density at radius 2 is 1.36 bits per heavy atom. The third-order valence-electron chi connectivity index (χ3n) is 6.45. The number of nitrogens with two attached hydrogens (primary N) is 1. The van der Waals surface area contributed by atoms with Crippen LogP contribution in [0.2, 0.25) is 0 Å². The minimum Gasteiger partial charge on any atom is -0.504 e. The molecule has 0 bridgehead atoms. The number of aliphatic hydroxyl groups is 6. The van der Waals surface area contributed by atoms with Gasteiger partial charge in [0.1, 0.15) is 11.3 Å². The molecule has 0 aliphatic heterocycles. The van der Waals surface area contributed by atoms with E-state index in [0.29, 0.717) is 11.3 Å². The lowest BCUT2D eigenvalue weighted by atomic mass is 9.96. The average molecular weight is 665 g/mol. The topological polar surface area (TPSA) is 393 Å². The number of aromatic hydroxyl groups is 9. The number of anilines is 2. The molecule has 19 N–H and O–H groups in total. The molecule has 1 amide bonds. The minimum absolute atomic E-state index is 0.341. The largest absolute Gasteiger partial charge is 0.504 e. The summed E-state index contributed by atoms with van der Waals surface area (Å²) in [5, 5.41) is 156. The molecule has 1 aromatic heterocycles. The Morgan fingerprint density at radius 1 is 0.844 bits per heavy atom. The lowest BCUT2D eigenvalue weighted by Crippen LogP contribution is -2.55. The van der Waals surface area contributed by atoms with Crippen LogP contribution < -0.4 is 16.4 Å². The summed E-state index contributed by atoms with van der Waals surface area (Å²) in [6.07, 6.45) is -2.20. The summed E-state index contributed by atoms with van der Waals surface area (Å²) < 4.78 is 4.91. The zero-order chi connectivity index (χ0) is 34.6. The highest BCUT2D eigenvalue weighted by Gasteiger charge is 2.46. The standard InChI is InChI=1S/C23H28N4O17S/c1-4-5(9(29)15(35)14(34)8(4)28)17(44-2)23(42,43)25-3-21(38,39)6-10(30)12(32)7(13(33)11(6)31)26-19(37)22(40,41)16-18(36)45-20(24)27-16/h17,25,28-36,38-43H,3H2,1-2H3,(H2,24,27)(H,26,37). The zero-order valence-corrected chi connectivity index (χ0v) is 23.6. The molecule has 0 saturated heterocycles. The van der Waals surface area contributed by atoms with Crippen LogP contribution in [0.25, 0.3) is 0 Å². The lowest BCUT2D eigenvalue weighted by Gasteiger charge is -2.35. The zero-order valence-electron chi connectivity index (χ0n) is 22.7. The quantitative estimate of drug-likeness (QED) is 0.0580. The van der Waals surface area contributed by atoms with Gasteiger partial charge in [0.25, 0.3) is 17.6 Å². The number of carbonyl (C=O) groups is 1. The van der Waals surface area contributed by atoms with Crippen molar-refractivity contribution < 1.29 is 86.1 Å². The molecule has 0 aliphatic carbocycles. The second-order valence-corrected chi connectivity index (χ2v) is 10.4. The molecule has 21 nitrogen and oxygen atoms in total. The molecule has 1 atom stereocenters. The van der Waals surface area contributed by atoms with Crippen molar-refractivity contribution in [1.29, 1.82) is 0 Å². The molecule has 0 saturated carbocycles. The first-order valence-corrected chi connectivity index (χ1v) is 12.7. The summed E-state index contributed by atoms with van der Waals surface area (Å²) >= 11 is 0.341. The molecule has 1 unspecified atom stereocenters. The number of nitrogens with zero attached hydrogens (tertiary/aromatic N) is 1. The molecule has 1 heterocycles. The number of benzene rings is 2. The summed E-state index contributed by atoms with van der Waals surface area (Å²) in [5.41, 5.74) is 0.253. The van der Waals surface area contributed by atoms with E-state index in [-0.39, 0.29) is 0 Å². The second-order valence-electron chi connectivity index (χ2n) is 9.42. The highest BCUT2D eigenvalue weighted by molar-refractivity contribution is 7.17. The summed E-state index contributed by atoms with van der Waals surface area (Å²) in [7, 11) is 0.845. The summed E-state index contributed by atoms with van der Waals surface area (Å²) in [4.78, 5) is 15.9. The van der Waals surface area contributed by atoms with Crippen molar-refractivity contribution >= 4 is 28.1 Å². The number of phenolic OH excluding ortho intramolecular Hbond substituents is 8. The number of carbonyl (C=O) groups excluding carboxylic acids is 1. The molecular formula is C23H28N4O17S. The Balaban J connectivity index is 1.96. The number of rotatable bonds is 10. The maximum absolute atomic E-state index is 12.5. The second kappa shape index (κ2) is 11.6. The molecule has 22 heteroatoms. The Hall–Kier alpha value is -4.78. The molecule has 248 valence electrons. The first-order chi connectivity index (χ1) is 20.5. The summed E-state index contributed by atoms with van der Waals surface area (Å²) in [6, 6.07) is 0. The van der Waals surface area contributed by atoms with Crippen LogP contribution in [-0.2, 0) is 21.1 Å². The number of methoxy groups -OCH3 is 1. The van der Waals surface area contributed by atoms with E-state index in [1.807, 2.05) is 0 Å². The molecule has 0 radical (unpaired) electrons. The fourth-order valence-electron chi connectivity index (χ4n) is 4.13. The molecule has 0 spiro atoms. The number of aromatic nitrogens is 1. The van der Waals surface area contributed by atoms with Crippen molar-refractivity contribution in [3.63, 3.8) is 0 Å². The number of hydrogen-bond donors (Lipinski definition) is 18. The van der Waals surface area contributed by atoms with Gasteiger partial charge in [0.2, 0.25) is 22.3 Å². The monoisotopic (exact) mass is 664 g/mol. The number of ether oxygens (including phenoxy) is 1. The Labute approximate surface area is 253 Å². The van der Waals surface area contributed by atoms with Crippen molar-refractivity contribution in [2.24, 2.45) is 0 Å². The van der Waals surface area contributed by atoms with Gasteiger partial charge in [0, 0.05) is 18.2 Å². The SMILES string of the molecule is COC(c1c(C)c(O)c(O)c(O)c1O)C(O)(O)NCC(O)(O)c1c(O)c(O)c(NC(=O)C(O)(O)c2nc(N)sc2O)c(O)c1O. The molecule has 3 aromatic rings. The average Bonchev–Trinajstić information content (AvgIpc) is 3.31. The van der Waals surface area contributed by atoms with Crippen LogP contribution >= 0.6 is 11.3 Å². The first-order valence-electron chi connectivity index (χ1n) is 11.9. The maximum Gasteiger partial charge on any atom is 0.294 e. The van der Waals surface area contributed by atoms with Gasteiger partial charge in [-0.3, -0.25) is 10.1 Å². The van der Waals surface area contributed by atoms with E-state index >= 15 is 0 Å². The van der Waals surface area contributed by atoms with Crippen LogP contribution in [0, 0.1) is 6.92 Å². The van der Waals surface area contributed by atoms with Crippen LogP contribution in [0.5, 0.6) is 51.1 Å². The van der Waals surface area contributed by atoms with E-state index in [1.54, 1.807) is 5.32 Å². The fourth-order valence-corrected chi connectivity index (χ4v) is 4.75. The molecule has 0 aliphatic rings. The number of phenols is 8. The van der Waals surface area contributed by atoms with Crippen LogP contribution in [0.15, 0.2) is 0 Å². The summed E-state index contributed by atoms with van der Waals surface area (Å²) in [5.74, 6) is -24.0. The van der Waals surface area contributed by atoms with Crippen molar-refractivity contribution in [3.8, 4) is 51.1 Å². The van der Waals surface area contributed by atoms with Crippen LogP contribution in [0.4, 0.5) is 10.8 Å². The number of nitrogens with one attached hydrogen (secondary N) is 2. The van der Waals surface area contributed by atoms with Crippen molar-refractivity contribution in [1.82, 2.24) is 10.3 Å². The van der Waals surface area contributed by atoms with Gasteiger partial charge in [-0.05, 0) is 6.92 Å². The van der Waals surface area contributed by atoms with E-state index in [2.05, 4.69) is 4.98 Å². The number of hydrogen-bond acceptors (Lipinski definition) is 21. The normalized spacial score (nSPS) is 13.2. The van der Waals surface area contributed by atoms with Crippen LogP contribution in [0.3, 0.4) is 0 Å². The maximum atomic E-state index is 12.5. The van der Waals surface area contributed by atoms with Gasteiger partial charge < -0.3 is 92.4 Å². The van der Waals surface area contributed by atoms with Gasteiger partial charge in [0.05, 0.1) is 6.54 Å². The van der Waals surface area contributed by atoms with E-state index in [9.17, 15) is 81.4 Å². The fraction of sp³-hybridized carbons (Fsp3) is 0.304.